The molecule has 0 amide bonds. The lowest BCUT2D eigenvalue weighted by molar-refractivity contribution is -0.142. The molecule has 0 spiro atoms. The summed E-state index contributed by atoms with van der Waals surface area (Å²) >= 11 is 0. The second-order valence-electron chi connectivity index (χ2n) is 2.60. The molecule has 0 aromatic rings. The number of nitriles is 2. The average Bonchev–Trinajstić information content (AvgIpc) is 2.13. The van der Waals surface area contributed by atoms with Crippen molar-refractivity contribution in [2.75, 3.05) is 13.1 Å². The normalized spacial score (nSPS) is 11.4. The van der Waals surface area contributed by atoms with Gasteiger partial charge in [0, 0.05) is 0 Å². The molecule has 0 saturated heterocycles. The predicted octanol–water partition coefficient (Wildman–Crippen LogP) is 0.365. The third-order valence-corrected chi connectivity index (χ3v) is 1.66. The van der Waals surface area contributed by atoms with Gasteiger partial charge in [0.2, 0.25) is 0 Å². The Bertz CT molecular complexity index is 271. The summed E-state index contributed by atoms with van der Waals surface area (Å²) in [6.45, 7) is 3.29. The molecule has 0 heterocycles. The summed E-state index contributed by atoms with van der Waals surface area (Å²) in [6.07, 6.45) is 1.68. The van der Waals surface area contributed by atoms with E-state index in [4.69, 9.17) is 15.6 Å². The lowest BCUT2D eigenvalue weighted by atomic mass is 10.1. The first-order valence-electron chi connectivity index (χ1n) is 3.99. The van der Waals surface area contributed by atoms with E-state index in [1.807, 2.05) is 12.1 Å². The molecule has 5 heteroatoms. The Morgan fingerprint density at radius 2 is 2.00 bits per heavy atom. The predicted molar refractivity (Wildman–Crippen MR) is 49.0 cm³/mol. The maximum absolute atomic E-state index is 10.8. The third kappa shape index (κ3) is 3.70. The van der Waals surface area contributed by atoms with Crippen LogP contribution in [0.25, 0.3) is 0 Å². The van der Waals surface area contributed by atoms with E-state index >= 15 is 0 Å². The van der Waals surface area contributed by atoms with Crippen LogP contribution in [0.5, 0.6) is 0 Å². The van der Waals surface area contributed by atoms with Crippen molar-refractivity contribution < 1.29 is 9.90 Å². The summed E-state index contributed by atoms with van der Waals surface area (Å²) in [5.41, 5.74) is 0. The van der Waals surface area contributed by atoms with E-state index in [-0.39, 0.29) is 19.5 Å². The van der Waals surface area contributed by atoms with Gasteiger partial charge in [-0.2, -0.15) is 10.5 Å². The molecule has 0 aliphatic rings. The van der Waals surface area contributed by atoms with Gasteiger partial charge in [0.25, 0.3) is 0 Å². The van der Waals surface area contributed by atoms with Crippen LogP contribution in [0.1, 0.15) is 6.42 Å². The first kappa shape index (κ1) is 12.2. The van der Waals surface area contributed by atoms with Crippen molar-refractivity contribution in [1.29, 1.82) is 10.5 Å². The van der Waals surface area contributed by atoms with Crippen LogP contribution in [0.4, 0.5) is 0 Å². The Kier molecular flexibility index (Phi) is 5.77. The minimum absolute atomic E-state index is 0.0711. The second kappa shape index (κ2) is 6.64. The van der Waals surface area contributed by atoms with Gasteiger partial charge in [-0.05, 0) is 6.42 Å². The number of hydrogen-bond acceptors (Lipinski definition) is 4. The summed E-state index contributed by atoms with van der Waals surface area (Å²) in [4.78, 5) is 12.1. The SMILES string of the molecule is C=CCC(C(=O)O)N(CC#N)CC#N. The van der Waals surface area contributed by atoms with Crippen LogP contribution in [0.15, 0.2) is 12.7 Å². The molecule has 0 fully saturated rings. The first-order chi connectivity index (χ1) is 6.67. The van der Waals surface area contributed by atoms with E-state index in [9.17, 15) is 4.79 Å². The summed E-state index contributed by atoms with van der Waals surface area (Å²) in [7, 11) is 0. The van der Waals surface area contributed by atoms with Crippen molar-refractivity contribution in [2.24, 2.45) is 0 Å². The molecule has 0 aliphatic carbocycles. The van der Waals surface area contributed by atoms with Crippen LogP contribution >= 0.6 is 0 Å². The number of carbonyl (C=O) groups is 1. The molecular weight excluding hydrogens is 182 g/mol. The number of nitrogens with zero attached hydrogens (tertiary/aromatic N) is 3. The number of hydrogen-bond donors (Lipinski definition) is 1. The van der Waals surface area contributed by atoms with Crippen molar-refractivity contribution in [3.8, 4) is 12.1 Å². The van der Waals surface area contributed by atoms with E-state index < -0.39 is 12.0 Å². The van der Waals surface area contributed by atoms with E-state index in [1.165, 1.54) is 11.0 Å². The van der Waals surface area contributed by atoms with Gasteiger partial charge < -0.3 is 5.11 Å². The van der Waals surface area contributed by atoms with Gasteiger partial charge in [-0.3, -0.25) is 9.69 Å². The fraction of sp³-hybridized carbons (Fsp3) is 0.444. The molecule has 0 aromatic heterocycles. The fourth-order valence-corrected chi connectivity index (χ4v) is 1.02. The van der Waals surface area contributed by atoms with E-state index in [0.717, 1.165) is 0 Å². The van der Waals surface area contributed by atoms with Crippen molar-refractivity contribution in [2.45, 2.75) is 12.5 Å². The van der Waals surface area contributed by atoms with Gasteiger partial charge in [0.15, 0.2) is 0 Å². The van der Waals surface area contributed by atoms with Gasteiger partial charge in [0.05, 0.1) is 25.2 Å². The highest BCUT2D eigenvalue weighted by Crippen LogP contribution is 2.04. The Hall–Kier alpha value is -1.85. The number of aliphatic carboxylic acids is 1. The number of carboxylic acids is 1. The molecular formula is C9H11N3O2. The summed E-state index contributed by atoms with van der Waals surface area (Å²) < 4.78 is 0. The summed E-state index contributed by atoms with van der Waals surface area (Å²) in [6, 6.07) is 2.81. The van der Waals surface area contributed by atoms with E-state index in [1.54, 1.807) is 0 Å². The molecule has 0 aromatic carbocycles. The molecule has 5 nitrogen and oxygen atoms in total. The zero-order valence-electron chi connectivity index (χ0n) is 7.68. The fourth-order valence-electron chi connectivity index (χ4n) is 1.02. The maximum atomic E-state index is 10.8. The van der Waals surface area contributed by atoms with Crippen LogP contribution in [0, 0.1) is 22.7 Å². The van der Waals surface area contributed by atoms with Crippen LogP contribution in [0.2, 0.25) is 0 Å². The number of carboxylic acid groups (broad SMARTS) is 1. The quantitative estimate of drug-likeness (QED) is 0.486. The minimum Gasteiger partial charge on any atom is -0.480 e. The highest BCUT2D eigenvalue weighted by molar-refractivity contribution is 5.73. The summed E-state index contributed by atoms with van der Waals surface area (Å²) in [5, 5.41) is 25.7. The van der Waals surface area contributed by atoms with Crippen molar-refractivity contribution in [3.05, 3.63) is 12.7 Å². The maximum Gasteiger partial charge on any atom is 0.321 e. The van der Waals surface area contributed by atoms with Gasteiger partial charge in [-0.25, -0.2) is 0 Å². The highest BCUT2D eigenvalue weighted by Gasteiger charge is 2.23. The molecule has 0 bridgehead atoms. The second-order valence-corrected chi connectivity index (χ2v) is 2.60. The van der Waals surface area contributed by atoms with E-state index in [2.05, 4.69) is 6.58 Å². The zero-order valence-corrected chi connectivity index (χ0v) is 7.68. The first-order valence-corrected chi connectivity index (χ1v) is 3.99. The monoisotopic (exact) mass is 193 g/mol. The van der Waals surface area contributed by atoms with E-state index in [0.29, 0.717) is 0 Å². The molecule has 0 rings (SSSR count). The Morgan fingerprint density at radius 3 is 2.29 bits per heavy atom. The molecule has 74 valence electrons. The Labute approximate surface area is 82.5 Å². The topological polar surface area (TPSA) is 88.1 Å². The zero-order chi connectivity index (χ0) is 11.0. The van der Waals surface area contributed by atoms with Crippen molar-refractivity contribution in [1.82, 2.24) is 4.90 Å². The minimum atomic E-state index is -1.05. The molecule has 0 saturated carbocycles. The molecule has 1 unspecified atom stereocenters. The van der Waals surface area contributed by atoms with Gasteiger partial charge in [-0.15, -0.1) is 6.58 Å². The van der Waals surface area contributed by atoms with Crippen molar-refractivity contribution >= 4 is 5.97 Å². The van der Waals surface area contributed by atoms with Gasteiger partial charge >= 0.3 is 5.97 Å². The molecule has 0 aliphatic heterocycles. The largest absolute Gasteiger partial charge is 0.480 e. The van der Waals surface area contributed by atoms with Crippen LogP contribution in [-0.2, 0) is 4.79 Å². The Balaban J connectivity index is 4.56. The molecule has 14 heavy (non-hydrogen) atoms. The standard InChI is InChI=1S/C9H11N3O2/c1-2-3-8(9(13)14)12(6-4-10)7-5-11/h2,8H,1,3,6-7H2,(H,13,14). The molecule has 0 radical (unpaired) electrons. The molecule has 1 atom stereocenters. The lowest BCUT2D eigenvalue weighted by Gasteiger charge is -2.22. The van der Waals surface area contributed by atoms with Crippen LogP contribution in [0.3, 0.4) is 0 Å². The van der Waals surface area contributed by atoms with Crippen molar-refractivity contribution in [3.63, 3.8) is 0 Å². The smallest absolute Gasteiger partial charge is 0.321 e. The van der Waals surface area contributed by atoms with Gasteiger partial charge in [0.1, 0.15) is 6.04 Å². The highest BCUT2D eigenvalue weighted by atomic mass is 16.4. The third-order valence-electron chi connectivity index (χ3n) is 1.66. The van der Waals surface area contributed by atoms with Crippen LogP contribution in [-0.4, -0.2) is 35.1 Å². The summed E-state index contributed by atoms with van der Waals surface area (Å²) in [5.74, 6) is -1.05. The average molecular weight is 193 g/mol. The van der Waals surface area contributed by atoms with Gasteiger partial charge in [-0.1, -0.05) is 6.08 Å². The number of rotatable bonds is 6. The lowest BCUT2D eigenvalue weighted by Crippen LogP contribution is -2.41. The Morgan fingerprint density at radius 1 is 1.50 bits per heavy atom. The molecule has 1 N–H and O–H groups in total. The van der Waals surface area contributed by atoms with Crippen LogP contribution < -0.4 is 0 Å².